The Morgan fingerprint density at radius 2 is 1.75 bits per heavy atom. The van der Waals surface area contributed by atoms with Gasteiger partial charge in [0, 0.05) is 6.92 Å². The minimum atomic E-state index is -4.32. The molecule has 0 aliphatic heterocycles. The first kappa shape index (κ1) is 12.5. The van der Waals surface area contributed by atoms with Gasteiger partial charge in [-0.15, -0.1) is 0 Å². The van der Waals surface area contributed by atoms with E-state index in [1.54, 1.807) is 6.92 Å². The summed E-state index contributed by atoms with van der Waals surface area (Å²) in [6, 6.07) is 4.45. The van der Waals surface area contributed by atoms with Gasteiger partial charge in [-0.1, -0.05) is 12.1 Å². The highest BCUT2D eigenvalue weighted by Crippen LogP contribution is 2.29. The molecule has 0 fully saturated rings. The molecule has 0 bridgehead atoms. The van der Waals surface area contributed by atoms with Gasteiger partial charge in [-0.3, -0.25) is 4.79 Å². The number of carbonyl (C=O) groups is 1. The molecule has 2 nitrogen and oxygen atoms in total. The fourth-order valence-corrected chi connectivity index (χ4v) is 1.35. The van der Waals surface area contributed by atoms with Crippen LogP contribution in [0.4, 0.5) is 13.2 Å². The second-order valence-corrected chi connectivity index (χ2v) is 3.54. The predicted molar refractivity (Wildman–Crippen MR) is 53.7 cm³/mol. The Morgan fingerprint density at radius 1 is 1.25 bits per heavy atom. The van der Waals surface area contributed by atoms with Gasteiger partial charge in [0.1, 0.15) is 0 Å². The fraction of sp³-hybridized carbons (Fsp3) is 0.364. The van der Waals surface area contributed by atoms with Crippen LogP contribution in [0.1, 0.15) is 31.0 Å². The first-order chi connectivity index (χ1) is 7.30. The maximum atomic E-state index is 12.3. The summed E-state index contributed by atoms with van der Waals surface area (Å²) in [5.41, 5.74) is -0.0468. The number of hydrogen-bond acceptors (Lipinski definition) is 1. The molecule has 0 spiro atoms. The molecular formula is C11H12F3NO. The van der Waals surface area contributed by atoms with Crippen molar-refractivity contribution in [1.82, 2.24) is 5.32 Å². The van der Waals surface area contributed by atoms with E-state index in [2.05, 4.69) is 5.32 Å². The lowest BCUT2D eigenvalue weighted by Gasteiger charge is -2.14. The second kappa shape index (κ2) is 4.55. The molecule has 16 heavy (non-hydrogen) atoms. The third kappa shape index (κ3) is 3.25. The van der Waals surface area contributed by atoms with Crippen molar-refractivity contribution in [2.24, 2.45) is 0 Å². The number of hydrogen-bond donors (Lipinski definition) is 1. The standard InChI is InChI=1S/C11H12F3NO/c1-7(15-8(2)16)9-3-5-10(6-4-9)11(12,13)14/h3-7H,1-2H3,(H,15,16)/t7-/m0/s1. The van der Waals surface area contributed by atoms with Crippen LogP contribution in [0.5, 0.6) is 0 Å². The lowest BCUT2D eigenvalue weighted by atomic mass is 10.1. The Bertz CT molecular complexity index is 370. The lowest BCUT2D eigenvalue weighted by Crippen LogP contribution is -2.23. The SMILES string of the molecule is CC(=O)N[C@@H](C)c1ccc(C(F)(F)F)cc1. The lowest BCUT2D eigenvalue weighted by molar-refractivity contribution is -0.137. The number of rotatable bonds is 2. The zero-order valence-corrected chi connectivity index (χ0v) is 8.93. The molecule has 1 rings (SSSR count). The van der Waals surface area contributed by atoms with Gasteiger partial charge in [0.15, 0.2) is 0 Å². The van der Waals surface area contributed by atoms with Gasteiger partial charge in [-0.25, -0.2) is 0 Å². The Labute approximate surface area is 91.5 Å². The van der Waals surface area contributed by atoms with E-state index >= 15 is 0 Å². The summed E-state index contributed by atoms with van der Waals surface area (Å²) in [6.45, 7) is 3.07. The van der Waals surface area contributed by atoms with Crippen LogP contribution in [0.3, 0.4) is 0 Å². The number of alkyl halides is 3. The molecule has 1 amide bonds. The molecule has 88 valence electrons. The third-order valence-corrected chi connectivity index (χ3v) is 2.16. The van der Waals surface area contributed by atoms with Gasteiger partial charge in [0.2, 0.25) is 5.91 Å². The molecule has 0 unspecified atom stereocenters. The van der Waals surface area contributed by atoms with E-state index in [0.29, 0.717) is 5.56 Å². The van der Waals surface area contributed by atoms with E-state index in [0.717, 1.165) is 12.1 Å². The monoisotopic (exact) mass is 231 g/mol. The van der Waals surface area contributed by atoms with Gasteiger partial charge >= 0.3 is 6.18 Å². The highest BCUT2D eigenvalue weighted by molar-refractivity contribution is 5.73. The van der Waals surface area contributed by atoms with Crippen LogP contribution in [0.2, 0.25) is 0 Å². The van der Waals surface area contributed by atoms with Crippen LogP contribution in [0.25, 0.3) is 0 Å². The summed E-state index contributed by atoms with van der Waals surface area (Å²) in [5.74, 6) is -0.215. The molecule has 0 aromatic heterocycles. The van der Waals surface area contributed by atoms with Crippen molar-refractivity contribution in [3.63, 3.8) is 0 Å². The van der Waals surface area contributed by atoms with Gasteiger partial charge < -0.3 is 5.32 Å². The average molecular weight is 231 g/mol. The van der Waals surface area contributed by atoms with Crippen molar-refractivity contribution >= 4 is 5.91 Å². The molecule has 1 N–H and O–H groups in total. The normalized spacial score (nSPS) is 13.3. The van der Waals surface area contributed by atoms with E-state index in [-0.39, 0.29) is 11.9 Å². The van der Waals surface area contributed by atoms with Crippen molar-refractivity contribution in [2.75, 3.05) is 0 Å². The maximum Gasteiger partial charge on any atom is 0.416 e. The number of carbonyl (C=O) groups excluding carboxylic acids is 1. The van der Waals surface area contributed by atoms with Gasteiger partial charge in [0.05, 0.1) is 11.6 Å². The van der Waals surface area contributed by atoms with Crippen LogP contribution in [-0.2, 0) is 11.0 Å². The van der Waals surface area contributed by atoms with Crippen molar-refractivity contribution in [3.8, 4) is 0 Å². The molecule has 5 heteroatoms. The maximum absolute atomic E-state index is 12.3. The van der Waals surface area contributed by atoms with E-state index in [1.807, 2.05) is 0 Å². The Kier molecular flexibility index (Phi) is 3.57. The molecule has 0 saturated carbocycles. The van der Waals surface area contributed by atoms with Crippen molar-refractivity contribution in [2.45, 2.75) is 26.1 Å². The summed E-state index contributed by atoms with van der Waals surface area (Å²) < 4.78 is 36.8. The topological polar surface area (TPSA) is 29.1 Å². The molecule has 0 aliphatic rings. The molecule has 1 atom stereocenters. The fourth-order valence-electron chi connectivity index (χ4n) is 1.35. The quantitative estimate of drug-likeness (QED) is 0.833. The summed E-state index contributed by atoms with van der Waals surface area (Å²) in [5, 5.41) is 2.60. The van der Waals surface area contributed by atoms with E-state index < -0.39 is 11.7 Å². The third-order valence-electron chi connectivity index (χ3n) is 2.16. The first-order valence-electron chi connectivity index (χ1n) is 4.75. The Balaban J connectivity index is 2.83. The molecule has 1 aromatic rings. The van der Waals surface area contributed by atoms with Crippen LogP contribution in [0.15, 0.2) is 24.3 Å². The summed E-state index contributed by atoms with van der Waals surface area (Å²) in [6.07, 6.45) is -4.32. The smallest absolute Gasteiger partial charge is 0.350 e. The molecule has 1 aromatic carbocycles. The molecule has 0 aliphatic carbocycles. The van der Waals surface area contributed by atoms with Crippen LogP contribution >= 0.6 is 0 Å². The van der Waals surface area contributed by atoms with Gasteiger partial charge in [0.25, 0.3) is 0 Å². The number of amides is 1. The summed E-state index contributed by atoms with van der Waals surface area (Å²) in [7, 11) is 0. The van der Waals surface area contributed by atoms with Crippen LogP contribution in [0, 0.1) is 0 Å². The van der Waals surface area contributed by atoms with Crippen molar-refractivity contribution in [3.05, 3.63) is 35.4 Å². The predicted octanol–water partition coefficient (Wildman–Crippen LogP) is 2.90. The largest absolute Gasteiger partial charge is 0.416 e. The number of benzene rings is 1. The molecule has 0 heterocycles. The summed E-state index contributed by atoms with van der Waals surface area (Å²) in [4.78, 5) is 10.8. The Hall–Kier alpha value is -1.52. The molecule has 0 radical (unpaired) electrons. The minimum absolute atomic E-state index is 0.215. The zero-order valence-electron chi connectivity index (χ0n) is 8.93. The van der Waals surface area contributed by atoms with Gasteiger partial charge in [-0.05, 0) is 24.6 Å². The van der Waals surface area contributed by atoms with Crippen molar-refractivity contribution < 1.29 is 18.0 Å². The number of halogens is 3. The minimum Gasteiger partial charge on any atom is -0.350 e. The molecule has 0 saturated heterocycles. The van der Waals surface area contributed by atoms with Crippen LogP contribution in [-0.4, -0.2) is 5.91 Å². The highest BCUT2D eigenvalue weighted by atomic mass is 19.4. The van der Waals surface area contributed by atoms with E-state index in [4.69, 9.17) is 0 Å². The second-order valence-electron chi connectivity index (χ2n) is 3.54. The van der Waals surface area contributed by atoms with Crippen molar-refractivity contribution in [1.29, 1.82) is 0 Å². The first-order valence-corrected chi connectivity index (χ1v) is 4.75. The average Bonchev–Trinajstić information content (AvgIpc) is 2.15. The van der Waals surface area contributed by atoms with Gasteiger partial charge in [-0.2, -0.15) is 13.2 Å². The Morgan fingerprint density at radius 3 is 2.12 bits per heavy atom. The number of nitrogens with one attached hydrogen (secondary N) is 1. The zero-order chi connectivity index (χ0) is 12.3. The molecular weight excluding hydrogens is 219 g/mol. The van der Waals surface area contributed by atoms with E-state index in [9.17, 15) is 18.0 Å². The summed E-state index contributed by atoms with van der Waals surface area (Å²) >= 11 is 0. The van der Waals surface area contributed by atoms with Crippen LogP contribution < -0.4 is 5.32 Å². The van der Waals surface area contributed by atoms with E-state index in [1.165, 1.54) is 19.1 Å². The highest BCUT2D eigenvalue weighted by Gasteiger charge is 2.30.